The van der Waals surface area contributed by atoms with E-state index in [1.807, 2.05) is 7.05 Å². The molecule has 0 aliphatic rings. The normalized spacial score (nSPS) is 10.4. The Bertz CT molecular complexity index is 121. The summed E-state index contributed by atoms with van der Waals surface area (Å²) in [6.45, 7) is 3.80. The molecule has 0 aromatic carbocycles. The maximum Gasteiger partial charge on any atom is 0.145 e. The molecule has 5 nitrogen and oxygen atoms in total. The molecule has 0 aliphatic heterocycles. The van der Waals surface area contributed by atoms with Crippen LogP contribution in [0, 0.1) is 0 Å². The van der Waals surface area contributed by atoms with Crippen molar-refractivity contribution in [1.82, 2.24) is 5.32 Å². The van der Waals surface area contributed by atoms with Crippen LogP contribution >= 0.6 is 0 Å². The summed E-state index contributed by atoms with van der Waals surface area (Å²) in [4.78, 5) is 9.85. The van der Waals surface area contributed by atoms with Gasteiger partial charge in [0.2, 0.25) is 0 Å². The highest BCUT2D eigenvalue weighted by atomic mass is 16.5. The van der Waals surface area contributed by atoms with Crippen LogP contribution in [0.4, 0.5) is 0 Å². The third-order valence-electron chi connectivity index (χ3n) is 1.43. The van der Waals surface area contributed by atoms with Gasteiger partial charge in [0.05, 0.1) is 33.0 Å². The molecule has 0 aromatic rings. The summed E-state index contributed by atoms with van der Waals surface area (Å²) in [5.41, 5.74) is 0. The number of nitrogens with one attached hydrogen (secondary N) is 1. The Morgan fingerprint density at radius 2 is 1.57 bits per heavy atom. The monoisotopic (exact) mass is 205 g/mol. The second kappa shape index (κ2) is 12.5. The Morgan fingerprint density at radius 3 is 2.14 bits per heavy atom. The Hall–Kier alpha value is -0.490. The molecular formula is C9H19NO4. The molecule has 0 rings (SSSR count). The molecule has 0 unspecified atom stereocenters. The minimum atomic E-state index is 0.141. The van der Waals surface area contributed by atoms with Gasteiger partial charge in [0.15, 0.2) is 0 Å². The number of rotatable bonds is 11. The van der Waals surface area contributed by atoms with E-state index in [4.69, 9.17) is 14.2 Å². The molecule has 0 atom stereocenters. The van der Waals surface area contributed by atoms with Gasteiger partial charge < -0.3 is 24.3 Å². The molecular weight excluding hydrogens is 186 g/mol. The lowest BCUT2D eigenvalue weighted by Gasteiger charge is -2.05. The van der Waals surface area contributed by atoms with E-state index >= 15 is 0 Å². The van der Waals surface area contributed by atoms with E-state index in [-0.39, 0.29) is 6.61 Å². The topological polar surface area (TPSA) is 56.8 Å². The lowest BCUT2D eigenvalue weighted by molar-refractivity contribution is -0.112. The smallest absolute Gasteiger partial charge is 0.145 e. The van der Waals surface area contributed by atoms with E-state index in [1.165, 1.54) is 0 Å². The predicted molar refractivity (Wildman–Crippen MR) is 52.4 cm³/mol. The summed E-state index contributed by atoms with van der Waals surface area (Å²) in [7, 11) is 1.88. The Kier molecular flexibility index (Phi) is 12.1. The molecule has 1 N–H and O–H groups in total. The molecule has 0 saturated heterocycles. The molecule has 5 heteroatoms. The van der Waals surface area contributed by atoms with Crippen LogP contribution < -0.4 is 5.32 Å². The van der Waals surface area contributed by atoms with Gasteiger partial charge in [0.1, 0.15) is 12.9 Å². The molecule has 0 amide bonds. The third kappa shape index (κ3) is 11.5. The van der Waals surface area contributed by atoms with Crippen molar-refractivity contribution in [3.63, 3.8) is 0 Å². The molecule has 0 bridgehead atoms. The van der Waals surface area contributed by atoms with Crippen LogP contribution in [-0.4, -0.2) is 59.5 Å². The first-order chi connectivity index (χ1) is 6.91. The standard InChI is InChI=1S/C9H19NO4/c1-10-2-4-12-6-8-14-9-7-13-5-3-11/h3,10H,2,4-9H2,1H3. The summed E-state index contributed by atoms with van der Waals surface area (Å²) in [5, 5.41) is 2.97. The number of hydrogen-bond acceptors (Lipinski definition) is 5. The highest BCUT2D eigenvalue weighted by Gasteiger charge is 1.90. The highest BCUT2D eigenvalue weighted by molar-refractivity contribution is 5.50. The molecule has 0 saturated carbocycles. The number of ether oxygens (including phenoxy) is 3. The molecule has 0 fully saturated rings. The van der Waals surface area contributed by atoms with Crippen LogP contribution in [0.1, 0.15) is 0 Å². The van der Waals surface area contributed by atoms with Crippen molar-refractivity contribution in [2.45, 2.75) is 0 Å². The van der Waals surface area contributed by atoms with Crippen molar-refractivity contribution >= 4 is 6.29 Å². The Labute approximate surface area is 84.7 Å². The average Bonchev–Trinajstić information content (AvgIpc) is 2.21. The van der Waals surface area contributed by atoms with E-state index in [1.54, 1.807) is 0 Å². The predicted octanol–water partition coefficient (Wildman–Crippen LogP) is -0.545. The first-order valence-electron chi connectivity index (χ1n) is 4.73. The molecule has 0 radical (unpaired) electrons. The molecule has 0 heterocycles. The van der Waals surface area contributed by atoms with Crippen LogP contribution in [-0.2, 0) is 19.0 Å². The van der Waals surface area contributed by atoms with Gasteiger partial charge in [-0.25, -0.2) is 0 Å². The second-order valence-electron chi connectivity index (χ2n) is 2.57. The average molecular weight is 205 g/mol. The lowest BCUT2D eigenvalue weighted by atomic mass is 10.6. The van der Waals surface area contributed by atoms with Crippen LogP contribution in [0.2, 0.25) is 0 Å². The second-order valence-corrected chi connectivity index (χ2v) is 2.57. The molecule has 0 spiro atoms. The quantitative estimate of drug-likeness (QED) is 0.362. The first-order valence-corrected chi connectivity index (χ1v) is 4.73. The number of carbonyl (C=O) groups excluding carboxylic acids is 1. The van der Waals surface area contributed by atoms with Crippen molar-refractivity contribution in [3.8, 4) is 0 Å². The van der Waals surface area contributed by atoms with Crippen LogP contribution in [0.3, 0.4) is 0 Å². The maximum atomic E-state index is 9.85. The van der Waals surface area contributed by atoms with Gasteiger partial charge in [-0.2, -0.15) is 0 Å². The first kappa shape index (κ1) is 13.5. The fourth-order valence-corrected chi connectivity index (χ4v) is 0.746. The number of likely N-dealkylation sites (N-methyl/N-ethyl adjacent to an activating group) is 1. The summed E-state index contributed by atoms with van der Waals surface area (Å²) in [5.74, 6) is 0. The van der Waals surface area contributed by atoms with E-state index in [9.17, 15) is 4.79 Å². The Morgan fingerprint density at radius 1 is 1.00 bits per heavy atom. The van der Waals surface area contributed by atoms with Crippen molar-refractivity contribution < 1.29 is 19.0 Å². The van der Waals surface area contributed by atoms with Gasteiger partial charge in [-0.1, -0.05) is 0 Å². The Balaban J connectivity index is 2.81. The van der Waals surface area contributed by atoms with Crippen molar-refractivity contribution in [1.29, 1.82) is 0 Å². The van der Waals surface area contributed by atoms with Crippen molar-refractivity contribution in [2.75, 3.05) is 53.2 Å². The molecule has 0 aliphatic carbocycles. The van der Waals surface area contributed by atoms with E-state index in [0.717, 1.165) is 12.8 Å². The third-order valence-corrected chi connectivity index (χ3v) is 1.43. The molecule has 84 valence electrons. The highest BCUT2D eigenvalue weighted by Crippen LogP contribution is 1.79. The molecule has 0 aromatic heterocycles. The van der Waals surface area contributed by atoms with Crippen molar-refractivity contribution in [2.24, 2.45) is 0 Å². The van der Waals surface area contributed by atoms with Crippen LogP contribution in [0.5, 0.6) is 0 Å². The lowest BCUT2D eigenvalue weighted by Crippen LogP contribution is -2.16. The van der Waals surface area contributed by atoms with Gasteiger partial charge in [-0.3, -0.25) is 0 Å². The van der Waals surface area contributed by atoms with Crippen molar-refractivity contribution in [3.05, 3.63) is 0 Å². The van der Waals surface area contributed by atoms with Gasteiger partial charge in [0, 0.05) is 6.54 Å². The van der Waals surface area contributed by atoms with Crippen LogP contribution in [0.15, 0.2) is 0 Å². The van der Waals surface area contributed by atoms with E-state index in [2.05, 4.69) is 5.32 Å². The summed E-state index contributed by atoms with van der Waals surface area (Å²) >= 11 is 0. The zero-order valence-corrected chi connectivity index (χ0v) is 8.66. The number of aldehydes is 1. The number of carbonyl (C=O) groups is 1. The SMILES string of the molecule is CNCCOCCOCCOCC=O. The fourth-order valence-electron chi connectivity index (χ4n) is 0.746. The van der Waals surface area contributed by atoms with Gasteiger partial charge in [0.25, 0.3) is 0 Å². The maximum absolute atomic E-state index is 9.85. The van der Waals surface area contributed by atoms with E-state index in [0.29, 0.717) is 33.0 Å². The largest absolute Gasteiger partial charge is 0.378 e. The summed E-state index contributed by atoms with van der Waals surface area (Å²) < 4.78 is 15.3. The van der Waals surface area contributed by atoms with E-state index < -0.39 is 0 Å². The zero-order valence-electron chi connectivity index (χ0n) is 8.66. The summed E-state index contributed by atoms with van der Waals surface area (Å²) in [6, 6.07) is 0. The zero-order chi connectivity index (χ0) is 10.5. The van der Waals surface area contributed by atoms with Gasteiger partial charge >= 0.3 is 0 Å². The minimum absolute atomic E-state index is 0.141. The number of hydrogen-bond donors (Lipinski definition) is 1. The summed E-state index contributed by atoms with van der Waals surface area (Å²) in [6.07, 6.45) is 0.723. The van der Waals surface area contributed by atoms with Gasteiger partial charge in [-0.05, 0) is 7.05 Å². The fraction of sp³-hybridized carbons (Fsp3) is 0.889. The molecule has 14 heavy (non-hydrogen) atoms. The minimum Gasteiger partial charge on any atom is -0.378 e. The van der Waals surface area contributed by atoms with Gasteiger partial charge in [-0.15, -0.1) is 0 Å². The van der Waals surface area contributed by atoms with Crippen LogP contribution in [0.25, 0.3) is 0 Å².